The Morgan fingerprint density at radius 3 is 3.07 bits per heavy atom. The van der Waals surface area contributed by atoms with Gasteiger partial charge in [-0.3, -0.25) is 0 Å². The van der Waals surface area contributed by atoms with Gasteiger partial charge < -0.3 is 4.90 Å². The molecule has 0 N–H and O–H groups in total. The minimum absolute atomic E-state index is 0.145. The highest BCUT2D eigenvalue weighted by atomic mass is 15.1. The van der Waals surface area contributed by atoms with Crippen LogP contribution in [0.1, 0.15) is 29.8 Å². The van der Waals surface area contributed by atoms with Crippen molar-refractivity contribution >= 4 is 0 Å². The third-order valence-electron chi connectivity index (χ3n) is 2.83. The number of aromatic nitrogens is 2. The Morgan fingerprint density at radius 1 is 1.53 bits per heavy atom. The van der Waals surface area contributed by atoms with Crippen LogP contribution in [0.25, 0.3) is 0 Å². The second-order valence-electron chi connectivity index (χ2n) is 4.02. The standard InChI is InChI=1S/C11H14N4/c1-8(5-12)11-9-6-15(2)4-3-10(9)13-7-14-11/h7-8H,3-4,6H2,1-2H3. The lowest BCUT2D eigenvalue weighted by molar-refractivity contribution is 0.307. The van der Waals surface area contributed by atoms with Gasteiger partial charge in [0, 0.05) is 30.8 Å². The molecule has 1 aromatic heterocycles. The van der Waals surface area contributed by atoms with Crippen molar-refractivity contribution in [2.24, 2.45) is 0 Å². The average molecular weight is 202 g/mol. The molecular weight excluding hydrogens is 188 g/mol. The number of rotatable bonds is 1. The van der Waals surface area contributed by atoms with Crippen LogP contribution in [0.15, 0.2) is 6.33 Å². The van der Waals surface area contributed by atoms with E-state index in [1.54, 1.807) is 6.33 Å². The van der Waals surface area contributed by atoms with E-state index in [1.807, 2.05) is 6.92 Å². The summed E-state index contributed by atoms with van der Waals surface area (Å²) in [7, 11) is 2.08. The van der Waals surface area contributed by atoms with Gasteiger partial charge in [0.1, 0.15) is 6.33 Å². The van der Waals surface area contributed by atoms with Crippen LogP contribution in [0.5, 0.6) is 0 Å². The molecule has 1 aliphatic heterocycles. The molecule has 0 fully saturated rings. The summed E-state index contributed by atoms with van der Waals surface area (Å²) in [5, 5.41) is 8.93. The summed E-state index contributed by atoms with van der Waals surface area (Å²) < 4.78 is 0. The molecule has 0 saturated carbocycles. The molecule has 0 radical (unpaired) electrons. The van der Waals surface area contributed by atoms with Crippen LogP contribution in [0.3, 0.4) is 0 Å². The number of likely N-dealkylation sites (N-methyl/N-ethyl adjacent to an activating group) is 1. The predicted molar refractivity (Wildman–Crippen MR) is 56.1 cm³/mol. The molecule has 1 aromatic rings. The molecular formula is C11H14N4. The maximum absolute atomic E-state index is 8.93. The van der Waals surface area contributed by atoms with Gasteiger partial charge >= 0.3 is 0 Å². The summed E-state index contributed by atoms with van der Waals surface area (Å²) in [5.41, 5.74) is 3.16. The van der Waals surface area contributed by atoms with E-state index in [-0.39, 0.29) is 5.92 Å². The van der Waals surface area contributed by atoms with E-state index < -0.39 is 0 Å². The fraction of sp³-hybridized carbons (Fsp3) is 0.545. The predicted octanol–water partition coefficient (Wildman–Crippen LogP) is 1.09. The molecule has 0 amide bonds. The largest absolute Gasteiger partial charge is 0.302 e. The van der Waals surface area contributed by atoms with Gasteiger partial charge in [-0.25, -0.2) is 9.97 Å². The van der Waals surface area contributed by atoms with Gasteiger partial charge in [0.05, 0.1) is 17.7 Å². The zero-order valence-electron chi connectivity index (χ0n) is 9.06. The van der Waals surface area contributed by atoms with Crippen molar-refractivity contribution in [2.45, 2.75) is 25.8 Å². The van der Waals surface area contributed by atoms with Crippen LogP contribution >= 0.6 is 0 Å². The maximum atomic E-state index is 8.93. The SMILES string of the molecule is CC(C#N)c1ncnc2c1CN(C)CC2. The van der Waals surface area contributed by atoms with Gasteiger partial charge in [-0.1, -0.05) is 0 Å². The quantitative estimate of drug-likeness (QED) is 0.684. The van der Waals surface area contributed by atoms with Gasteiger partial charge in [-0.2, -0.15) is 5.26 Å². The van der Waals surface area contributed by atoms with E-state index in [2.05, 4.69) is 28.0 Å². The summed E-state index contributed by atoms with van der Waals surface area (Å²) in [6, 6.07) is 2.24. The Hall–Kier alpha value is -1.47. The molecule has 78 valence electrons. The van der Waals surface area contributed by atoms with Crippen LogP contribution < -0.4 is 0 Å². The number of nitriles is 1. The molecule has 1 atom stereocenters. The molecule has 2 rings (SSSR count). The van der Waals surface area contributed by atoms with Crippen LogP contribution in [0, 0.1) is 11.3 Å². The highest BCUT2D eigenvalue weighted by Gasteiger charge is 2.21. The Balaban J connectivity index is 2.45. The van der Waals surface area contributed by atoms with Crippen molar-refractivity contribution in [1.82, 2.24) is 14.9 Å². The minimum atomic E-state index is -0.145. The van der Waals surface area contributed by atoms with Gasteiger partial charge in [0.15, 0.2) is 0 Å². The maximum Gasteiger partial charge on any atom is 0.116 e. The number of hydrogen-bond acceptors (Lipinski definition) is 4. The molecule has 0 aromatic carbocycles. The summed E-state index contributed by atoms with van der Waals surface area (Å²) >= 11 is 0. The van der Waals surface area contributed by atoms with Crippen LogP contribution in [0.4, 0.5) is 0 Å². The zero-order valence-corrected chi connectivity index (χ0v) is 9.06. The average Bonchev–Trinajstić information content (AvgIpc) is 2.27. The van der Waals surface area contributed by atoms with Crippen LogP contribution in [-0.2, 0) is 13.0 Å². The molecule has 0 aliphatic carbocycles. The first-order valence-corrected chi connectivity index (χ1v) is 5.13. The normalized spacial score (nSPS) is 17.9. The zero-order chi connectivity index (χ0) is 10.8. The highest BCUT2D eigenvalue weighted by Crippen LogP contribution is 2.23. The highest BCUT2D eigenvalue weighted by molar-refractivity contribution is 5.31. The Labute approximate surface area is 89.6 Å². The second-order valence-corrected chi connectivity index (χ2v) is 4.02. The van der Waals surface area contributed by atoms with E-state index in [0.29, 0.717) is 0 Å². The summed E-state index contributed by atoms with van der Waals surface area (Å²) in [4.78, 5) is 10.8. The van der Waals surface area contributed by atoms with Gasteiger partial charge in [0.25, 0.3) is 0 Å². The lowest BCUT2D eigenvalue weighted by atomic mass is 9.98. The molecule has 0 saturated heterocycles. The molecule has 2 heterocycles. The van der Waals surface area contributed by atoms with Crippen molar-refractivity contribution in [2.75, 3.05) is 13.6 Å². The molecule has 4 heteroatoms. The molecule has 4 nitrogen and oxygen atoms in total. The van der Waals surface area contributed by atoms with Crippen molar-refractivity contribution in [3.05, 3.63) is 23.3 Å². The molecule has 0 spiro atoms. The van der Waals surface area contributed by atoms with E-state index in [9.17, 15) is 0 Å². The fourth-order valence-corrected chi connectivity index (χ4v) is 1.93. The summed E-state index contributed by atoms with van der Waals surface area (Å²) in [5.74, 6) is -0.145. The first kappa shape index (κ1) is 10.1. The molecule has 1 aliphatic rings. The first-order chi connectivity index (χ1) is 7.22. The van der Waals surface area contributed by atoms with Gasteiger partial charge in [0.2, 0.25) is 0 Å². The summed E-state index contributed by atoms with van der Waals surface area (Å²) in [6.45, 7) is 3.78. The minimum Gasteiger partial charge on any atom is -0.302 e. The van der Waals surface area contributed by atoms with E-state index in [1.165, 1.54) is 0 Å². The monoisotopic (exact) mass is 202 g/mol. The van der Waals surface area contributed by atoms with Crippen LogP contribution in [0.2, 0.25) is 0 Å². The third kappa shape index (κ3) is 1.83. The molecule has 0 bridgehead atoms. The van der Waals surface area contributed by atoms with Crippen molar-refractivity contribution in [1.29, 1.82) is 5.26 Å². The van der Waals surface area contributed by atoms with E-state index in [4.69, 9.17) is 5.26 Å². The number of fused-ring (bicyclic) bond motifs is 1. The van der Waals surface area contributed by atoms with E-state index >= 15 is 0 Å². The molecule has 1 unspecified atom stereocenters. The lowest BCUT2D eigenvalue weighted by Gasteiger charge is -2.25. The second kappa shape index (κ2) is 3.95. The van der Waals surface area contributed by atoms with Crippen molar-refractivity contribution in [3.8, 4) is 6.07 Å². The van der Waals surface area contributed by atoms with Crippen molar-refractivity contribution in [3.63, 3.8) is 0 Å². The third-order valence-corrected chi connectivity index (χ3v) is 2.83. The number of hydrogen-bond donors (Lipinski definition) is 0. The van der Waals surface area contributed by atoms with Crippen LogP contribution in [-0.4, -0.2) is 28.5 Å². The Bertz CT molecular complexity index is 408. The fourth-order valence-electron chi connectivity index (χ4n) is 1.93. The summed E-state index contributed by atoms with van der Waals surface area (Å²) in [6.07, 6.45) is 2.53. The smallest absolute Gasteiger partial charge is 0.116 e. The lowest BCUT2D eigenvalue weighted by Crippen LogP contribution is -2.29. The van der Waals surface area contributed by atoms with Gasteiger partial charge in [-0.15, -0.1) is 0 Å². The van der Waals surface area contributed by atoms with Crippen molar-refractivity contribution < 1.29 is 0 Å². The molecule has 15 heavy (non-hydrogen) atoms. The Morgan fingerprint density at radius 2 is 2.33 bits per heavy atom. The van der Waals surface area contributed by atoms with E-state index in [0.717, 1.165) is 36.5 Å². The Kier molecular flexibility index (Phi) is 2.65. The first-order valence-electron chi connectivity index (χ1n) is 5.13. The topological polar surface area (TPSA) is 52.8 Å². The number of nitrogens with zero attached hydrogens (tertiary/aromatic N) is 4. The van der Waals surface area contributed by atoms with Gasteiger partial charge in [-0.05, 0) is 14.0 Å².